The van der Waals surface area contributed by atoms with Crippen LogP contribution in [0.1, 0.15) is 11.1 Å². The molecule has 0 spiro atoms. The smallest absolute Gasteiger partial charge is 0.188 e. The van der Waals surface area contributed by atoms with E-state index in [0.29, 0.717) is 31.0 Å². The van der Waals surface area contributed by atoms with Crippen molar-refractivity contribution >= 4 is 5.96 Å². The number of nitrogens with two attached hydrogens (primary N) is 1. The summed E-state index contributed by atoms with van der Waals surface area (Å²) in [6.45, 7) is 1.01. The zero-order valence-electron chi connectivity index (χ0n) is 13.6. The number of aliphatic imine (C=N–C) groups is 1. The van der Waals surface area contributed by atoms with Crippen LogP contribution in [0, 0.1) is 11.6 Å². The van der Waals surface area contributed by atoms with Crippen molar-refractivity contribution in [3.63, 3.8) is 0 Å². The molecule has 0 radical (unpaired) electrons. The molecule has 0 unspecified atom stereocenters. The number of guanidine groups is 1. The molecule has 3 N–H and O–H groups in total. The van der Waals surface area contributed by atoms with E-state index >= 15 is 0 Å². The number of nitrogens with one attached hydrogen (secondary N) is 1. The highest BCUT2D eigenvalue weighted by Crippen LogP contribution is 2.11. The lowest BCUT2D eigenvalue weighted by Gasteiger charge is -2.06. The Labute approximate surface area is 140 Å². The summed E-state index contributed by atoms with van der Waals surface area (Å²) in [7, 11) is 1.63. The number of hydrogen-bond acceptors (Lipinski definition) is 2. The second-order valence-corrected chi connectivity index (χ2v) is 5.32. The van der Waals surface area contributed by atoms with Crippen LogP contribution in [0.5, 0.6) is 5.75 Å². The van der Waals surface area contributed by atoms with E-state index < -0.39 is 11.6 Å². The van der Waals surface area contributed by atoms with Crippen molar-refractivity contribution in [2.75, 3.05) is 20.2 Å². The third-order valence-electron chi connectivity index (χ3n) is 3.48. The maximum absolute atomic E-state index is 13.1. The summed E-state index contributed by atoms with van der Waals surface area (Å²) in [6, 6.07) is 11.2. The topological polar surface area (TPSA) is 59.6 Å². The molecule has 4 nitrogen and oxygen atoms in total. The van der Waals surface area contributed by atoms with Crippen LogP contribution in [0.3, 0.4) is 0 Å². The molecule has 24 heavy (non-hydrogen) atoms. The SMILES string of the molecule is COc1ccc(CCN=C(N)NCCc2cc(F)cc(F)c2)cc1. The quantitative estimate of drug-likeness (QED) is 0.605. The second-order valence-electron chi connectivity index (χ2n) is 5.32. The van der Waals surface area contributed by atoms with Gasteiger partial charge in [-0.25, -0.2) is 8.78 Å². The van der Waals surface area contributed by atoms with Crippen molar-refractivity contribution < 1.29 is 13.5 Å². The zero-order chi connectivity index (χ0) is 17.4. The molecular formula is C18H21F2N3O. The van der Waals surface area contributed by atoms with Gasteiger partial charge in [-0.15, -0.1) is 0 Å². The summed E-state index contributed by atoms with van der Waals surface area (Å²) in [6.07, 6.45) is 1.23. The first-order chi connectivity index (χ1) is 11.6. The first-order valence-corrected chi connectivity index (χ1v) is 7.68. The molecule has 0 amide bonds. The van der Waals surface area contributed by atoms with Gasteiger partial charge in [0.15, 0.2) is 5.96 Å². The van der Waals surface area contributed by atoms with Crippen LogP contribution < -0.4 is 15.8 Å². The van der Waals surface area contributed by atoms with Crippen LogP contribution in [-0.2, 0) is 12.8 Å². The Morgan fingerprint density at radius 2 is 1.71 bits per heavy atom. The molecule has 0 aliphatic heterocycles. The maximum Gasteiger partial charge on any atom is 0.188 e. The van der Waals surface area contributed by atoms with Crippen molar-refractivity contribution in [3.8, 4) is 5.75 Å². The third kappa shape index (κ3) is 5.87. The van der Waals surface area contributed by atoms with E-state index in [1.807, 2.05) is 24.3 Å². The van der Waals surface area contributed by atoms with Crippen molar-refractivity contribution in [2.24, 2.45) is 10.7 Å². The van der Waals surface area contributed by atoms with Crippen molar-refractivity contribution in [2.45, 2.75) is 12.8 Å². The van der Waals surface area contributed by atoms with Crippen LogP contribution >= 0.6 is 0 Å². The Kier molecular flexibility index (Phi) is 6.54. The van der Waals surface area contributed by atoms with E-state index in [1.54, 1.807) is 7.11 Å². The predicted octanol–water partition coefficient (Wildman–Crippen LogP) is 2.66. The van der Waals surface area contributed by atoms with Crippen molar-refractivity contribution in [3.05, 3.63) is 65.2 Å². The summed E-state index contributed by atoms with van der Waals surface area (Å²) < 4.78 is 31.2. The standard InChI is InChI=1S/C18H21F2N3O/c1-24-17-4-2-13(3-5-17)6-8-22-18(21)23-9-7-14-10-15(19)12-16(20)11-14/h2-5,10-12H,6-9H2,1H3,(H3,21,22,23). The van der Waals surface area contributed by atoms with Crippen molar-refractivity contribution in [1.29, 1.82) is 0 Å². The number of nitrogens with zero attached hydrogens (tertiary/aromatic N) is 1. The number of rotatable bonds is 7. The summed E-state index contributed by atoms with van der Waals surface area (Å²) in [4.78, 5) is 4.23. The van der Waals surface area contributed by atoms with Crippen molar-refractivity contribution in [1.82, 2.24) is 5.32 Å². The first-order valence-electron chi connectivity index (χ1n) is 7.68. The van der Waals surface area contributed by atoms with Gasteiger partial charge in [-0.05, 0) is 48.2 Å². The normalized spacial score (nSPS) is 11.4. The molecule has 6 heteroatoms. The average Bonchev–Trinajstić information content (AvgIpc) is 2.54. The Morgan fingerprint density at radius 3 is 2.33 bits per heavy atom. The van der Waals surface area contributed by atoms with E-state index in [1.165, 1.54) is 12.1 Å². The highest BCUT2D eigenvalue weighted by atomic mass is 19.1. The number of ether oxygens (including phenoxy) is 1. The van der Waals surface area contributed by atoms with Crippen LogP contribution in [0.15, 0.2) is 47.5 Å². The minimum Gasteiger partial charge on any atom is -0.497 e. The molecule has 0 aliphatic carbocycles. The van der Waals surface area contributed by atoms with E-state index in [2.05, 4.69) is 10.3 Å². The van der Waals surface area contributed by atoms with Gasteiger partial charge in [-0.3, -0.25) is 4.99 Å². The van der Waals surface area contributed by atoms with Gasteiger partial charge >= 0.3 is 0 Å². The van der Waals surface area contributed by atoms with Gasteiger partial charge < -0.3 is 15.8 Å². The lowest BCUT2D eigenvalue weighted by molar-refractivity contribution is 0.414. The van der Waals surface area contributed by atoms with E-state index in [0.717, 1.165) is 23.8 Å². The van der Waals surface area contributed by atoms with Gasteiger partial charge in [-0.2, -0.15) is 0 Å². The van der Waals surface area contributed by atoms with Gasteiger partial charge in [0.05, 0.1) is 7.11 Å². The molecule has 0 bridgehead atoms. The molecular weight excluding hydrogens is 312 g/mol. The molecule has 2 rings (SSSR count). The van der Waals surface area contributed by atoms with Crippen LogP contribution in [0.2, 0.25) is 0 Å². The molecule has 2 aromatic carbocycles. The van der Waals surface area contributed by atoms with E-state index in [-0.39, 0.29) is 0 Å². The molecule has 0 atom stereocenters. The highest BCUT2D eigenvalue weighted by molar-refractivity contribution is 5.77. The monoisotopic (exact) mass is 333 g/mol. The summed E-state index contributed by atoms with van der Waals surface area (Å²) in [5.74, 6) is -0.0186. The number of methoxy groups -OCH3 is 1. The lowest BCUT2D eigenvalue weighted by Crippen LogP contribution is -2.33. The molecule has 0 heterocycles. The maximum atomic E-state index is 13.1. The van der Waals surface area contributed by atoms with Gasteiger partial charge in [0.2, 0.25) is 0 Å². The van der Waals surface area contributed by atoms with E-state index in [9.17, 15) is 8.78 Å². The summed E-state index contributed by atoms with van der Waals surface area (Å²) in [5.41, 5.74) is 7.49. The Hall–Kier alpha value is -2.63. The van der Waals surface area contributed by atoms with E-state index in [4.69, 9.17) is 10.5 Å². The van der Waals surface area contributed by atoms with Crippen LogP contribution in [0.25, 0.3) is 0 Å². The summed E-state index contributed by atoms with van der Waals surface area (Å²) >= 11 is 0. The van der Waals surface area contributed by atoms with Gasteiger partial charge in [-0.1, -0.05) is 12.1 Å². The predicted molar refractivity (Wildman–Crippen MR) is 91.3 cm³/mol. The molecule has 0 saturated carbocycles. The van der Waals surface area contributed by atoms with Gasteiger partial charge in [0.1, 0.15) is 17.4 Å². The lowest BCUT2D eigenvalue weighted by atomic mass is 10.1. The molecule has 128 valence electrons. The fourth-order valence-electron chi connectivity index (χ4n) is 2.24. The molecule has 0 aliphatic rings. The van der Waals surface area contributed by atoms with Crippen LogP contribution in [0.4, 0.5) is 8.78 Å². The fraction of sp³-hybridized carbons (Fsp3) is 0.278. The molecule has 0 fully saturated rings. The number of benzene rings is 2. The van der Waals surface area contributed by atoms with Gasteiger partial charge in [0, 0.05) is 19.2 Å². The third-order valence-corrected chi connectivity index (χ3v) is 3.48. The molecule has 2 aromatic rings. The molecule has 0 aromatic heterocycles. The molecule has 0 saturated heterocycles. The summed E-state index contributed by atoms with van der Waals surface area (Å²) in [5, 5.41) is 2.94. The Balaban J connectivity index is 1.73. The largest absolute Gasteiger partial charge is 0.497 e. The fourth-order valence-corrected chi connectivity index (χ4v) is 2.24. The van der Waals surface area contributed by atoms with Gasteiger partial charge in [0.25, 0.3) is 0 Å². The minimum atomic E-state index is -0.578. The Morgan fingerprint density at radius 1 is 1.04 bits per heavy atom. The number of hydrogen-bond donors (Lipinski definition) is 2. The van der Waals surface area contributed by atoms with Crippen LogP contribution in [-0.4, -0.2) is 26.2 Å². The minimum absolute atomic E-state index is 0.320. The Bertz CT molecular complexity index is 667. The second kappa shape index (κ2) is 8.86. The highest BCUT2D eigenvalue weighted by Gasteiger charge is 2.01. The average molecular weight is 333 g/mol. The number of halogens is 2. The zero-order valence-corrected chi connectivity index (χ0v) is 13.6. The first kappa shape index (κ1) is 17.7.